The van der Waals surface area contributed by atoms with Crippen molar-refractivity contribution in [1.82, 2.24) is 20.2 Å². The molecule has 13 heteroatoms. The van der Waals surface area contributed by atoms with Gasteiger partial charge in [0.25, 0.3) is 0 Å². The summed E-state index contributed by atoms with van der Waals surface area (Å²) >= 11 is 1.60. The summed E-state index contributed by atoms with van der Waals surface area (Å²) in [6, 6.07) is 6.52. The van der Waals surface area contributed by atoms with E-state index >= 15 is 0 Å². The van der Waals surface area contributed by atoms with Gasteiger partial charge in [0.05, 0.1) is 40.0 Å². The van der Waals surface area contributed by atoms with E-state index in [0.717, 1.165) is 57.2 Å². The fourth-order valence-corrected chi connectivity index (χ4v) is 6.88. The molecule has 2 saturated heterocycles. The lowest BCUT2D eigenvalue weighted by atomic mass is 10.0. The molecular weight excluding hydrogens is 559 g/mol. The number of carbonyl (C=O) groups is 3. The lowest BCUT2D eigenvalue weighted by Crippen LogP contribution is -2.35. The Morgan fingerprint density at radius 2 is 1.88 bits per heavy atom. The molecule has 3 fully saturated rings. The minimum Gasteiger partial charge on any atom is -0.475 e. The first kappa shape index (κ1) is 28.9. The Kier molecular flexibility index (Phi) is 7.31. The first-order valence-corrected chi connectivity index (χ1v) is 14.0. The van der Waals surface area contributed by atoms with E-state index in [0.29, 0.717) is 12.6 Å². The molecule has 5 heterocycles. The van der Waals surface area contributed by atoms with Crippen LogP contribution >= 0.6 is 11.3 Å². The Labute approximate surface area is 238 Å². The molecule has 3 N–H and O–H groups in total. The lowest BCUT2D eigenvalue weighted by Gasteiger charge is -2.20. The Hall–Kier alpha value is -3.58. The minimum atomic E-state index is -5.08. The third-order valence-corrected chi connectivity index (χ3v) is 9.06. The Morgan fingerprint density at radius 3 is 2.46 bits per heavy atom. The maximum Gasteiger partial charge on any atom is 0.490 e. The van der Waals surface area contributed by atoms with Crippen LogP contribution in [0.5, 0.6) is 0 Å². The number of imide groups is 1. The minimum absolute atomic E-state index is 0.0294. The molecule has 41 heavy (non-hydrogen) atoms. The second-order valence-electron chi connectivity index (χ2n) is 11.3. The van der Waals surface area contributed by atoms with E-state index in [1.165, 1.54) is 10.5 Å². The molecule has 3 aliphatic rings. The number of carbonyl (C=O) groups excluding carboxylic acids is 2. The second kappa shape index (κ2) is 10.4. The standard InChI is InChI=1S/C26H29N5O2S.C2HF3O2/c1-13-9-14(2)29-22(21(13)30-15-5-7-27-11-15)17-6-8-28-18-10-16(34-23(17)18)12-31-24(32)19-20(25(31)33)26(19,3)4;3-2(4,5)1(6)7/h6,8-10,15,19-20,27,30H,5,7,11-12H2,1-4H3;(H,6,7). The molecule has 2 amide bonds. The maximum absolute atomic E-state index is 12.8. The maximum atomic E-state index is 12.8. The SMILES string of the molecule is Cc1cc(C)c(NC2CCNC2)c(-c2ccnc3cc(CN4C(=O)C5C(C4=O)C5(C)C)sc23)n1.O=C(O)C(F)(F)F. The van der Waals surface area contributed by atoms with Gasteiger partial charge in [0.1, 0.15) is 0 Å². The zero-order valence-electron chi connectivity index (χ0n) is 22.9. The summed E-state index contributed by atoms with van der Waals surface area (Å²) in [6.45, 7) is 10.4. The first-order valence-electron chi connectivity index (χ1n) is 13.2. The number of aliphatic carboxylic acids is 1. The average molecular weight is 590 g/mol. The number of aromatic nitrogens is 2. The molecule has 218 valence electrons. The van der Waals surface area contributed by atoms with Crippen LogP contribution in [0.25, 0.3) is 21.5 Å². The van der Waals surface area contributed by atoms with Crippen LogP contribution in [0.3, 0.4) is 0 Å². The van der Waals surface area contributed by atoms with Crippen LogP contribution in [0.4, 0.5) is 18.9 Å². The number of likely N-dealkylation sites (tertiary alicyclic amines) is 1. The predicted octanol–water partition coefficient (Wildman–Crippen LogP) is 4.52. The Morgan fingerprint density at radius 1 is 1.22 bits per heavy atom. The normalized spacial score (nSPS) is 22.9. The van der Waals surface area contributed by atoms with Crippen molar-refractivity contribution in [2.24, 2.45) is 17.3 Å². The molecule has 0 aromatic carbocycles. The van der Waals surface area contributed by atoms with Crippen molar-refractivity contribution in [2.45, 2.75) is 52.9 Å². The molecule has 2 aliphatic heterocycles. The number of piperidine rings is 1. The van der Waals surface area contributed by atoms with Gasteiger partial charge >= 0.3 is 12.1 Å². The fourth-order valence-electron chi connectivity index (χ4n) is 5.76. The summed E-state index contributed by atoms with van der Waals surface area (Å²) in [4.78, 5) is 46.5. The number of fused-ring (bicyclic) bond motifs is 2. The van der Waals surface area contributed by atoms with Gasteiger partial charge in [-0.2, -0.15) is 13.2 Å². The van der Waals surface area contributed by atoms with Crippen LogP contribution in [0.15, 0.2) is 24.4 Å². The van der Waals surface area contributed by atoms with Gasteiger partial charge in [-0.05, 0) is 56.0 Å². The highest BCUT2D eigenvalue weighted by Gasteiger charge is 2.72. The van der Waals surface area contributed by atoms with Gasteiger partial charge in [-0.15, -0.1) is 11.3 Å². The number of nitrogens with one attached hydrogen (secondary N) is 2. The molecule has 0 bridgehead atoms. The number of hydrogen-bond donors (Lipinski definition) is 3. The molecule has 3 aromatic rings. The van der Waals surface area contributed by atoms with Crippen LogP contribution in [-0.4, -0.2) is 63.1 Å². The number of anilines is 1. The molecule has 1 aliphatic carbocycles. The van der Waals surface area contributed by atoms with E-state index < -0.39 is 12.1 Å². The smallest absolute Gasteiger partial charge is 0.475 e. The van der Waals surface area contributed by atoms with E-state index in [2.05, 4.69) is 28.6 Å². The van der Waals surface area contributed by atoms with Crippen molar-refractivity contribution in [2.75, 3.05) is 18.4 Å². The van der Waals surface area contributed by atoms with Crippen molar-refractivity contribution >= 4 is 45.0 Å². The van der Waals surface area contributed by atoms with Crippen molar-refractivity contribution < 1.29 is 32.7 Å². The number of thiophene rings is 1. The van der Waals surface area contributed by atoms with Gasteiger partial charge in [0, 0.05) is 34.9 Å². The van der Waals surface area contributed by atoms with Gasteiger partial charge < -0.3 is 15.7 Å². The largest absolute Gasteiger partial charge is 0.490 e. The molecule has 3 aromatic heterocycles. The summed E-state index contributed by atoms with van der Waals surface area (Å²) < 4.78 is 32.8. The highest BCUT2D eigenvalue weighted by molar-refractivity contribution is 7.19. The Bertz CT molecular complexity index is 1520. The van der Waals surface area contributed by atoms with Crippen LogP contribution in [0, 0.1) is 31.1 Å². The van der Waals surface area contributed by atoms with Crippen LogP contribution < -0.4 is 10.6 Å². The summed E-state index contributed by atoms with van der Waals surface area (Å²) in [5.41, 5.74) is 5.86. The van der Waals surface area contributed by atoms with Crippen molar-refractivity contribution in [3.8, 4) is 11.3 Å². The third kappa shape index (κ3) is 5.40. The van der Waals surface area contributed by atoms with Gasteiger partial charge in [-0.25, -0.2) is 4.79 Å². The van der Waals surface area contributed by atoms with Crippen LogP contribution in [0.1, 0.15) is 36.4 Å². The fraction of sp³-hybridized carbons (Fsp3) is 0.464. The van der Waals surface area contributed by atoms with Gasteiger partial charge in [-0.1, -0.05) is 13.8 Å². The first-order chi connectivity index (χ1) is 19.2. The number of pyridine rings is 2. The monoisotopic (exact) mass is 589 g/mol. The third-order valence-electron chi connectivity index (χ3n) is 7.92. The van der Waals surface area contributed by atoms with E-state index in [-0.39, 0.29) is 29.1 Å². The predicted molar refractivity (Wildman–Crippen MR) is 147 cm³/mol. The van der Waals surface area contributed by atoms with Crippen molar-refractivity contribution in [1.29, 1.82) is 0 Å². The zero-order valence-corrected chi connectivity index (χ0v) is 23.7. The van der Waals surface area contributed by atoms with Crippen LogP contribution in [-0.2, 0) is 20.9 Å². The van der Waals surface area contributed by atoms with E-state index in [1.807, 2.05) is 39.1 Å². The topological polar surface area (TPSA) is 125 Å². The lowest BCUT2D eigenvalue weighted by molar-refractivity contribution is -0.192. The van der Waals surface area contributed by atoms with Crippen molar-refractivity contribution in [3.05, 3.63) is 40.5 Å². The average Bonchev–Trinajstić information content (AvgIpc) is 3.33. The summed E-state index contributed by atoms with van der Waals surface area (Å²) in [5.74, 6) is -3.12. The molecular formula is C28H30F3N5O4S. The second-order valence-corrected chi connectivity index (χ2v) is 12.4. The van der Waals surface area contributed by atoms with Gasteiger partial charge in [-0.3, -0.25) is 24.5 Å². The molecule has 9 nitrogen and oxygen atoms in total. The van der Waals surface area contributed by atoms with Gasteiger partial charge in [0.2, 0.25) is 11.8 Å². The number of aryl methyl sites for hydroxylation is 2. The van der Waals surface area contributed by atoms with Gasteiger partial charge in [0.15, 0.2) is 0 Å². The zero-order chi connectivity index (χ0) is 29.9. The molecule has 3 atom stereocenters. The number of rotatable bonds is 5. The molecule has 1 saturated carbocycles. The molecule has 6 rings (SSSR count). The number of nitrogens with zero attached hydrogens (tertiary/aromatic N) is 3. The quantitative estimate of drug-likeness (QED) is 0.371. The van der Waals surface area contributed by atoms with Crippen LogP contribution in [0.2, 0.25) is 0 Å². The van der Waals surface area contributed by atoms with Crippen molar-refractivity contribution in [3.63, 3.8) is 0 Å². The molecule has 0 radical (unpaired) electrons. The Balaban J connectivity index is 0.000000431. The summed E-state index contributed by atoms with van der Waals surface area (Å²) in [6.07, 6.45) is -2.18. The number of halogens is 3. The molecule has 0 spiro atoms. The highest BCUT2D eigenvalue weighted by atomic mass is 32.1. The number of carboxylic acid groups (broad SMARTS) is 1. The van der Waals surface area contributed by atoms with E-state index in [4.69, 9.17) is 14.9 Å². The number of carboxylic acids is 1. The number of amides is 2. The van der Waals surface area contributed by atoms with E-state index in [1.54, 1.807) is 11.3 Å². The number of alkyl halides is 3. The highest BCUT2D eigenvalue weighted by Crippen LogP contribution is 2.63. The summed E-state index contributed by atoms with van der Waals surface area (Å²) in [7, 11) is 0. The molecule has 3 unspecified atom stereocenters. The summed E-state index contributed by atoms with van der Waals surface area (Å²) in [5, 5.41) is 14.3. The van der Waals surface area contributed by atoms with E-state index in [9.17, 15) is 22.8 Å². The number of hydrogen-bond acceptors (Lipinski definition) is 8.